The fraction of sp³-hybridized carbons (Fsp3) is 0.615. The van der Waals surface area contributed by atoms with Crippen molar-refractivity contribution < 1.29 is 0 Å². The maximum Gasteiger partial charge on any atom is 0.0417 e. The SMILES string of the molecule is Cc1ncccc1CN1CCC(C)(CN)C1.Cl. The van der Waals surface area contributed by atoms with Crippen LogP contribution in [0.1, 0.15) is 24.6 Å². The van der Waals surface area contributed by atoms with E-state index in [4.69, 9.17) is 5.73 Å². The van der Waals surface area contributed by atoms with E-state index in [2.05, 4.69) is 29.8 Å². The number of likely N-dealkylation sites (tertiary alicyclic amines) is 1. The molecule has 1 aliphatic heterocycles. The molecule has 0 aliphatic carbocycles. The molecule has 1 fully saturated rings. The van der Waals surface area contributed by atoms with E-state index in [0.29, 0.717) is 5.41 Å². The number of aromatic nitrogens is 1. The van der Waals surface area contributed by atoms with E-state index in [1.54, 1.807) is 0 Å². The normalized spacial score (nSPS) is 24.6. The van der Waals surface area contributed by atoms with Gasteiger partial charge >= 0.3 is 0 Å². The Morgan fingerprint density at radius 1 is 1.53 bits per heavy atom. The van der Waals surface area contributed by atoms with Gasteiger partial charge in [0.25, 0.3) is 0 Å². The minimum atomic E-state index is 0. The van der Waals surface area contributed by atoms with Gasteiger partial charge in [0, 0.05) is 25.0 Å². The summed E-state index contributed by atoms with van der Waals surface area (Å²) in [5.74, 6) is 0. The fourth-order valence-electron chi connectivity index (χ4n) is 2.35. The van der Waals surface area contributed by atoms with Crippen LogP contribution in [0.4, 0.5) is 0 Å². The summed E-state index contributed by atoms with van der Waals surface area (Å²) >= 11 is 0. The second kappa shape index (κ2) is 5.80. The first-order valence-corrected chi connectivity index (χ1v) is 5.96. The van der Waals surface area contributed by atoms with Gasteiger partial charge in [0.1, 0.15) is 0 Å². The summed E-state index contributed by atoms with van der Waals surface area (Å²) in [6, 6.07) is 4.18. The van der Waals surface area contributed by atoms with Crippen molar-refractivity contribution in [1.29, 1.82) is 0 Å². The smallest absolute Gasteiger partial charge is 0.0417 e. The summed E-state index contributed by atoms with van der Waals surface area (Å²) in [4.78, 5) is 6.81. The van der Waals surface area contributed by atoms with Crippen LogP contribution in [-0.2, 0) is 6.54 Å². The molecule has 0 radical (unpaired) electrons. The van der Waals surface area contributed by atoms with Gasteiger partial charge in [-0.15, -0.1) is 12.4 Å². The van der Waals surface area contributed by atoms with Crippen molar-refractivity contribution in [2.45, 2.75) is 26.8 Å². The van der Waals surface area contributed by atoms with Crippen LogP contribution in [0.5, 0.6) is 0 Å². The second-order valence-corrected chi connectivity index (χ2v) is 5.22. The Balaban J connectivity index is 0.00000144. The molecule has 1 saturated heterocycles. The van der Waals surface area contributed by atoms with Gasteiger partial charge in [-0.05, 0) is 43.5 Å². The summed E-state index contributed by atoms with van der Waals surface area (Å²) in [5.41, 5.74) is 8.61. The minimum absolute atomic E-state index is 0. The molecule has 1 aromatic heterocycles. The molecule has 1 unspecified atom stereocenters. The maximum absolute atomic E-state index is 5.81. The van der Waals surface area contributed by atoms with E-state index in [1.165, 1.54) is 12.0 Å². The second-order valence-electron chi connectivity index (χ2n) is 5.22. The van der Waals surface area contributed by atoms with Gasteiger partial charge in [-0.25, -0.2) is 0 Å². The topological polar surface area (TPSA) is 42.2 Å². The average molecular weight is 256 g/mol. The van der Waals surface area contributed by atoms with Crippen LogP contribution in [0.25, 0.3) is 0 Å². The molecule has 1 aliphatic rings. The van der Waals surface area contributed by atoms with E-state index in [0.717, 1.165) is 31.9 Å². The Bertz CT molecular complexity index is 369. The first-order chi connectivity index (χ1) is 7.63. The lowest BCUT2D eigenvalue weighted by Crippen LogP contribution is -2.31. The quantitative estimate of drug-likeness (QED) is 0.898. The Morgan fingerprint density at radius 3 is 2.88 bits per heavy atom. The minimum Gasteiger partial charge on any atom is -0.330 e. The highest BCUT2D eigenvalue weighted by atomic mass is 35.5. The van der Waals surface area contributed by atoms with Crippen LogP contribution in [0.3, 0.4) is 0 Å². The van der Waals surface area contributed by atoms with Crippen molar-refractivity contribution in [3.05, 3.63) is 29.6 Å². The van der Waals surface area contributed by atoms with Crippen molar-refractivity contribution in [3.63, 3.8) is 0 Å². The van der Waals surface area contributed by atoms with Crippen LogP contribution in [0.15, 0.2) is 18.3 Å². The number of aryl methyl sites for hydroxylation is 1. The number of rotatable bonds is 3. The summed E-state index contributed by atoms with van der Waals surface area (Å²) in [6.07, 6.45) is 3.07. The molecular formula is C13H22ClN3. The van der Waals surface area contributed by atoms with E-state index in [1.807, 2.05) is 12.3 Å². The van der Waals surface area contributed by atoms with Crippen molar-refractivity contribution in [2.75, 3.05) is 19.6 Å². The number of hydrogen-bond donors (Lipinski definition) is 1. The molecule has 2 heterocycles. The standard InChI is InChI=1S/C13H21N3.ClH/c1-11-12(4-3-6-15-11)8-16-7-5-13(2,9-14)10-16;/h3-4,6H,5,7-10,14H2,1-2H3;1H. The molecule has 3 nitrogen and oxygen atoms in total. The van der Waals surface area contributed by atoms with E-state index in [9.17, 15) is 0 Å². The van der Waals surface area contributed by atoms with E-state index >= 15 is 0 Å². The van der Waals surface area contributed by atoms with Gasteiger partial charge in [-0.1, -0.05) is 13.0 Å². The number of halogens is 1. The van der Waals surface area contributed by atoms with E-state index in [-0.39, 0.29) is 12.4 Å². The zero-order valence-corrected chi connectivity index (χ0v) is 11.5. The molecule has 0 saturated carbocycles. The molecular weight excluding hydrogens is 234 g/mol. The lowest BCUT2D eigenvalue weighted by Gasteiger charge is -2.22. The predicted octanol–water partition coefficient (Wildman–Crippen LogP) is 1.98. The van der Waals surface area contributed by atoms with E-state index < -0.39 is 0 Å². The predicted molar refractivity (Wildman–Crippen MR) is 73.3 cm³/mol. The highest BCUT2D eigenvalue weighted by Crippen LogP contribution is 2.29. The third kappa shape index (κ3) is 3.41. The average Bonchev–Trinajstić information content (AvgIpc) is 2.65. The molecule has 17 heavy (non-hydrogen) atoms. The lowest BCUT2D eigenvalue weighted by molar-refractivity contribution is 0.274. The van der Waals surface area contributed by atoms with Crippen molar-refractivity contribution in [3.8, 4) is 0 Å². The molecule has 2 rings (SSSR count). The zero-order chi connectivity index (χ0) is 11.6. The summed E-state index contributed by atoms with van der Waals surface area (Å²) in [7, 11) is 0. The van der Waals surface area contributed by atoms with Gasteiger partial charge in [0.05, 0.1) is 0 Å². The monoisotopic (exact) mass is 255 g/mol. The molecule has 4 heteroatoms. The Morgan fingerprint density at radius 2 is 2.29 bits per heavy atom. The highest BCUT2D eigenvalue weighted by Gasteiger charge is 2.32. The molecule has 0 amide bonds. The summed E-state index contributed by atoms with van der Waals surface area (Å²) in [5, 5.41) is 0. The van der Waals surface area contributed by atoms with Gasteiger partial charge < -0.3 is 5.73 Å². The van der Waals surface area contributed by atoms with Crippen LogP contribution in [0.2, 0.25) is 0 Å². The molecule has 0 spiro atoms. The number of pyridine rings is 1. The van der Waals surface area contributed by atoms with Crippen molar-refractivity contribution in [2.24, 2.45) is 11.1 Å². The Hall–Kier alpha value is -0.640. The number of hydrogen-bond acceptors (Lipinski definition) is 3. The third-order valence-corrected chi connectivity index (χ3v) is 3.64. The summed E-state index contributed by atoms with van der Waals surface area (Å²) < 4.78 is 0. The van der Waals surface area contributed by atoms with Crippen molar-refractivity contribution >= 4 is 12.4 Å². The first kappa shape index (κ1) is 14.4. The largest absolute Gasteiger partial charge is 0.330 e. The maximum atomic E-state index is 5.81. The lowest BCUT2D eigenvalue weighted by atomic mass is 9.90. The summed E-state index contributed by atoms with van der Waals surface area (Å²) in [6.45, 7) is 8.42. The Labute approximate surface area is 110 Å². The molecule has 1 atom stereocenters. The highest BCUT2D eigenvalue weighted by molar-refractivity contribution is 5.85. The number of nitrogens with zero attached hydrogens (tertiary/aromatic N) is 2. The molecule has 0 aromatic carbocycles. The zero-order valence-electron chi connectivity index (χ0n) is 10.6. The van der Waals surface area contributed by atoms with Crippen LogP contribution in [0, 0.1) is 12.3 Å². The van der Waals surface area contributed by atoms with Gasteiger partial charge in [0.2, 0.25) is 0 Å². The van der Waals surface area contributed by atoms with Gasteiger partial charge in [0.15, 0.2) is 0 Å². The van der Waals surface area contributed by atoms with Crippen LogP contribution < -0.4 is 5.73 Å². The van der Waals surface area contributed by atoms with Crippen LogP contribution in [-0.4, -0.2) is 29.5 Å². The molecule has 2 N–H and O–H groups in total. The molecule has 1 aromatic rings. The third-order valence-electron chi connectivity index (χ3n) is 3.64. The molecule has 96 valence electrons. The van der Waals surface area contributed by atoms with Gasteiger partial charge in [-0.2, -0.15) is 0 Å². The van der Waals surface area contributed by atoms with Crippen LogP contribution >= 0.6 is 12.4 Å². The Kier molecular flexibility index (Phi) is 4.92. The van der Waals surface area contributed by atoms with Gasteiger partial charge in [-0.3, -0.25) is 9.88 Å². The first-order valence-electron chi connectivity index (χ1n) is 5.96. The fourth-order valence-corrected chi connectivity index (χ4v) is 2.35. The van der Waals surface area contributed by atoms with Crippen molar-refractivity contribution in [1.82, 2.24) is 9.88 Å². The molecule has 0 bridgehead atoms. The number of nitrogens with two attached hydrogens (primary N) is 1.